The monoisotopic (exact) mass is 508 g/mol. The smallest absolute Gasteiger partial charge is 0.326 e. The van der Waals surface area contributed by atoms with Gasteiger partial charge in [0.1, 0.15) is 11.3 Å². The Morgan fingerprint density at radius 3 is 2.64 bits per heavy atom. The van der Waals surface area contributed by atoms with Gasteiger partial charge in [-0.15, -0.1) is 0 Å². The summed E-state index contributed by atoms with van der Waals surface area (Å²) in [4.78, 5) is 17.5. The molecule has 1 saturated carbocycles. The maximum atomic E-state index is 13.8. The number of halogens is 1. The van der Waals surface area contributed by atoms with Crippen molar-refractivity contribution in [2.24, 2.45) is 5.92 Å². The second-order valence-electron chi connectivity index (χ2n) is 9.70. The van der Waals surface area contributed by atoms with Crippen LogP contribution in [0.15, 0.2) is 42.5 Å². The van der Waals surface area contributed by atoms with Gasteiger partial charge in [0.2, 0.25) is 0 Å². The Kier molecular flexibility index (Phi) is 7.43. The van der Waals surface area contributed by atoms with E-state index in [2.05, 4.69) is 11.8 Å². The minimum absolute atomic E-state index is 0.0614. The standard InChI is InChI=1S/C29H33ClN2O4/c1-31-28(33)32(20-21-8-13-24(34-2)14-9-21)26-15-12-23(30)19-25(26)29(31,22-10-11-22)16-4-6-18-36-27-7-3-5-17-35-27/h8-9,12-15,19,22,27H,3,5-7,10-11,17-18,20H2,1-2H3. The zero-order valence-corrected chi connectivity index (χ0v) is 21.7. The molecule has 190 valence electrons. The van der Waals surface area contributed by atoms with E-state index in [0.717, 1.165) is 61.3 Å². The summed E-state index contributed by atoms with van der Waals surface area (Å²) in [7, 11) is 3.51. The van der Waals surface area contributed by atoms with Gasteiger partial charge in [-0.1, -0.05) is 35.6 Å². The fourth-order valence-electron chi connectivity index (χ4n) is 5.26. The Balaban J connectivity index is 1.43. The largest absolute Gasteiger partial charge is 0.497 e. The van der Waals surface area contributed by atoms with E-state index in [1.807, 2.05) is 59.3 Å². The molecule has 2 amide bonds. The number of urea groups is 1. The molecule has 2 unspecified atom stereocenters. The fraction of sp³-hybridized carbons (Fsp3) is 0.483. The molecule has 2 atom stereocenters. The van der Waals surface area contributed by atoms with Crippen molar-refractivity contribution in [2.45, 2.75) is 56.9 Å². The lowest BCUT2D eigenvalue weighted by atomic mass is 9.80. The number of nitrogens with zero attached hydrogens (tertiary/aromatic N) is 2. The summed E-state index contributed by atoms with van der Waals surface area (Å²) in [6.45, 7) is 1.73. The van der Waals surface area contributed by atoms with E-state index in [1.165, 1.54) is 0 Å². The van der Waals surface area contributed by atoms with Crippen LogP contribution in [-0.2, 0) is 21.6 Å². The van der Waals surface area contributed by atoms with Crippen LogP contribution in [0.3, 0.4) is 0 Å². The van der Waals surface area contributed by atoms with Crippen LogP contribution in [0.1, 0.15) is 49.7 Å². The molecule has 2 aromatic carbocycles. The second-order valence-corrected chi connectivity index (χ2v) is 10.1. The maximum absolute atomic E-state index is 13.8. The first-order valence-corrected chi connectivity index (χ1v) is 13.1. The number of anilines is 1. The topological polar surface area (TPSA) is 51.2 Å². The lowest BCUT2D eigenvalue weighted by molar-refractivity contribution is -0.161. The van der Waals surface area contributed by atoms with E-state index >= 15 is 0 Å². The van der Waals surface area contributed by atoms with Crippen molar-refractivity contribution in [3.05, 3.63) is 58.6 Å². The van der Waals surface area contributed by atoms with Crippen LogP contribution in [0.25, 0.3) is 0 Å². The van der Waals surface area contributed by atoms with Gasteiger partial charge in [0, 0.05) is 30.7 Å². The highest BCUT2D eigenvalue weighted by Crippen LogP contribution is 2.54. The molecule has 1 aliphatic carbocycles. The van der Waals surface area contributed by atoms with Gasteiger partial charge in [0.05, 0.1) is 25.9 Å². The van der Waals surface area contributed by atoms with Gasteiger partial charge in [-0.05, 0) is 73.9 Å². The SMILES string of the molecule is COc1ccc(CN2C(=O)N(C)C(C#CCCOC3CCCCO3)(C3CC3)c3cc(Cl)ccc32)cc1. The van der Waals surface area contributed by atoms with Crippen molar-refractivity contribution < 1.29 is 19.0 Å². The molecule has 5 rings (SSSR count). The molecule has 6 nitrogen and oxygen atoms in total. The zero-order valence-electron chi connectivity index (χ0n) is 21.0. The number of methoxy groups -OCH3 is 1. The molecule has 0 N–H and O–H groups in total. The molecule has 7 heteroatoms. The predicted molar refractivity (Wildman–Crippen MR) is 140 cm³/mol. The van der Waals surface area contributed by atoms with Crippen LogP contribution < -0.4 is 9.64 Å². The quantitative estimate of drug-likeness (QED) is 0.342. The van der Waals surface area contributed by atoms with Gasteiger partial charge in [-0.2, -0.15) is 0 Å². The molecule has 0 bridgehead atoms. The van der Waals surface area contributed by atoms with Crippen LogP contribution in [-0.4, -0.2) is 44.6 Å². The molecule has 1 saturated heterocycles. The Labute approximate surface area is 218 Å². The summed E-state index contributed by atoms with van der Waals surface area (Å²) in [5.74, 6) is 7.94. The maximum Gasteiger partial charge on any atom is 0.326 e. The van der Waals surface area contributed by atoms with Gasteiger partial charge in [0.25, 0.3) is 0 Å². The van der Waals surface area contributed by atoms with Gasteiger partial charge in [-0.25, -0.2) is 4.79 Å². The van der Waals surface area contributed by atoms with E-state index in [9.17, 15) is 4.79 Å². The first-order chi connectivity index (χ1) is 17.5. The highest BCUT2D eigenvalue weighted by atomic mass is 35.5. The Hall–Kier alpha value is -2.72. The molecular weight excluding hydrogens is 476 g/mol. The second kappa shape index (κ2) is 10.7. The molecule has 36 heavy (non-hydrogen) atoms. The average Bonchev–Trinajstić information content (AvgIpc) is 3.75. The first kappa shape index (κ1) is 25.0. The lowest BCUT2D eigenvalue weighted by Crippen LogP contribution is -2.57. The van der Waals surface area contributed by atoms with Crippen LogP contribution >= 0.6 is 11.6 Å². The Morgan fingerprint density at radius 1 is 1.14 bits per heavy atom. The number of carbonyl (C=O) groups is 1. The van der Waals surface area contributed by atoms with Crippen molar-refractivity contribution in [1.29, 1.82) is 0 Å². The normalized spacial score (nSPS) is 23.6. The minimum Gasteiger partial charge on any atom is -0.497 e. The van der Waals surface area contributed by atoms with Crippen molar-refractivity contribution in [3.63, 3.8) is 0 Å². The number of hydrogen-bond acceptors (Lipinski definition) is 4. The van der Waals surface area contributed by atoms with Crippen molar-refractivity contribution in [1.82, 2.24) is 4.90 Å². The fourth-order valence-corrected chi connectivity index (χ4v) is 5.43. The first-order valence-electron chi connectivity index (χ1n) is 12.7. The number of amides is 2. The molecule has 0 aromatic heterocycles. The van der Waals surface area contributed by atoms with E-state index in [4.69, 9.17) is 25.8 Å². The molecule has 2 aromatic rings. The summed E-state index contributed by atoms with van der Waals surface area (Å²) in [6, 6.07) is 13.5. The van der Waals surface area contributed by atoms with Gasteiger partial charge in [-0.3, -0.25) is 4.90 Å². The zero-order chi connectivity index (χ0) is 25.1. The highest BCUT2D eigenvalue weighted by molar-refractivity contribution is 6.30. The number of fused-ring (bicyclic) bond motifs is 1. The lowest BCUT2D eigenvalue weighted by Gasteiger charge is -2.47. The van der Waals surface area contributed by atoms with Crippen molar-refractivity contribution >= 4 is 23.3 Å². The number of hydrogen-bond donors (Lipinski definition) is 0. The molecule has 2 aliphatic heterocycles. The van der Waals surface area contributed by atoms with Crippen LogP contribution in [0.5, 0.6) is 5.75 Å². The Morgan fingerprint density at radius 2 is 1.94 bits per heavy atom. The van der Waals surface area contributed by atoms with Crippen molar-refractivity contribution in [3.8, 4) is 17.6 Å². The third-order valence-corrected chi connectivity index (χ3v) is 7.56. The third-order valence-electron chi connectivity index (χ3n) is 7.32. The Bertz CT molecular complexity index is 1150. The molecular formula is C29H33ClN2O4. The van der Waals surface area contributed by atoms with Gasteiger partial charge >= 0.3 is 6.03 Å². The third kappa shape index (κ3) is 4.93. The van der Waals surface area contributed by atoms with E-state index < -0.39 is 5.54 Å². The van der Waals surface area contributed by atoms with Crippen molar-refractivity contribution in [2.75, 3.05) is 32.3 Å². The molecule has 0 radical (unpaired) electrons. The van der Waals surface area contributed by atoms with E-state index in [-0.39, 0.29) is 18.2 Å². The summed E-state index contributed by atoms with van der Waals surface area (Å²) < 4.78 is 16.8. The van der Waals surface area contributed by atoms with Gasteiger partial charge < -0.3 is 19.1 Å². The molecule has 2 heterocycles. The van der Waals surface area contributed by atoms with E-state index in [1.54, 1.807) is 7.11 Å². The number of benzene rings is 2. The number of carbonyl (C=O) groups excluding carboxylic acids is 1. The van der Waals surface area contributed by atoms with Crippen LogP contribution in [0.4, 0.5) is 10.5 Å². The predicted octanol–water partition coefficient (Wildman–Crippen LogP) is 5.96. The number of ether oxygens (including phenoxy) is 3. The molecule has 0 spiro atoms. The summed E-state index contributed by atoms with van der Waals surface area (Å²) in [5, 5.41) is 0.644. The highest BCUT2D eigenvalue weighted by Gasteiger charge is 2.55. The average molecular weight is 509 g/mol. The van der Waals surface area contributed by atoms with Crippen LogP contribution in [0.2, 0.25) is 5.02 Å². The molecule has 3 aliphatic rings. The summed E-state index contributed by atoms with van der Waals surface area (Å²) >= 11 is 6.51. The van der Waals surface area contributed by atoms with Gasteiger partial charge in [0.15, 0.2) is 6.29 Å². The minimum atomic E-state index is -0.699. The summed E-state index contributed by atoms with van der Waals surface area (Å²) in [5.41, 5.74) is 2.18. The molecule has 2 fully saturated rings. The van der Waals surface area contributed by atoms with Crippen LogP contribution in [0, 0.1) is 17.8 Å². The summed E-state index contributed by atoms with van der Waals surface area (Å²) in [6.07, 6.45) is 5.70. The number of rotatable bonds is 7. The van der Waals surface area contributed by atoms with E-state index in [0.29, 0.717) is 24.6 Å².